The molecule has 2 heteroatoms. The van der Waals surface area contributed by atoms with Gasteiger partial charge >= 0.3 is 0 Å². The molecule has 0 bridgehead atoms. The zero-order valence-electron chi connectivity index (χ0n) is 7.61. The Bertz CT molecular complexity index is 246. The normalized spacial score (nSPS) is 12.4. The molecule has 0 fully saturated rings. The zero-order valence-corrected chi connectivity index (χ0v) is 7.61. The molecular weight excluding hydrogens is 162 g/mol. The van der Waals surface area contributed by atoms with Crippen molar-refractivity contribution in [2.24, 2.45) is 0 Å². The monoisotopic (exact) mass is 177 g/mol. The van der Waals surface area contributed by atoms with E-state index in [-0.39, 0.29) is 0 Å². The Morgan fingerprint density at radius 1 is 1.38 bits per heavy atom. The number of rotatable bonds is 5. The average molecular weight is 177 g/mol. The maximum atomic E-state index is 9.16. The quantitative estimate of drug-likeness (QED) is 0.665. The van der Waals surface area contributed by atoms with Crippen LogP contribution >= 0.6 is 0 Å². The molecule has 1 aromatic rings. The third kappa shape index (κ3) is 3.87. The summed E-state index contributed by atoms with van der Waals surface area (Å²) in [7, 11) is 0. The van der Waals surface area contributed by atoms with Crippen molar-refractivity contribution < 1.29 is 5.11 Å². The van der Waals surface area contributed by atoms with Crippen LogP contribution in [0.5, 0.6) is 0 Å². The number of aliphatic hydroxyl groups excluding tert-OH is 1. The fourth-order valence-electron chi connectivity index (χ4n) is 1.04. The first-order valence-corrected chi connectivity index (χ1v) is 4.38. The highest BCUT2D eigenvalue weighted by Crippen LogP contribution is 1.96. The molecule has 13 heavy (non-hydrogen) atoms. The van der Waals surface area contributed by atoms with Crippen LogP contribution in [0.3, 0.4) is 0 Å². The lowest BCUT2D eigenvalue weighted by atomic mass is 10.2. The van der Waals surface area contributed by atoms with Crippen LogP contribution in [0, 0.1) is 0 Å². The lowest BCUT2D eigenvalue weighted by Crippen LogP contribution is -2.24. The van der Waals surface area contributed by atoms with Gasteiger partial charge < -0.3 is 10.4 Å². The zero-order chi connectivity index (χ0) is 9.52. The fourth-order valence-corrected chi connectivity index (χ4v) is 1.04. The van der Waals surface area contributed by atoms with E-state index < -0.39 is 6.10 Å². The number of hydrogen-bond acceptors (Lipinski definition) is 2. The summed E-state index contributed by atoms with van der Waals surface area (Å²) in [5, 5.41) is 12.3. The van der Waals surface area contributed by atoms with Crippen molar-refractivity contribution in [3.63, 3.8) is 0 Å². The van der Waals surface area contributed by atoms with E-state index in [1.807, 2.05) is 30.3 Å². The fraction of sp³-hybridized carbons (Fsp3) is 0.273. The summed E-state index contributed by atoms with van der Waals surface area (Å²) in [6.07, 6.45) is 1.07. The molecular formula is C11H15NO. The van der Waals surface area contributed by atoms with Crippen LogP contribution in [0.1, 0.15) is 5.56 Å². The Labute approximate surface area is 78.9 Å². The van der Waals surface area contributed by atoms with E-state index in [4.69, 9.17) is 5.11 Å². The summed E-state index contributed by atoms with van der Waals surface area (Å²) < 4.78 is 0. The molecule has 0 aromatic heterocycles. The first-order chi connectivity index (χ1) is 6.33. The number of nitrogens with one attached hydrogen (secondary N) is 1. The van der Waals surface area contributed by atoms with Crippen molar-refractivity contribution in [1.82, 2.24) is 5.32 Å². The summed E-state index contributed by atoms with van der Waals surface area (Å²) >= 11 is 0. The minimum Gasteiger partial charge on any atom is -0.388 e. The molecule has 2 nitrogen and oxygen atoms in total. The summed E-state index contributed by atoms with van der Waals surface area (Å²) in [4.78, 5) is 0. The summed E-state index contributed by atoms with van der Waals surface area (Å²) in [5.41, 5.74) is 1.22. The molecule has 0 heterocycles. The van der Waals surface area contributed by atoms with E-state index in [0.29, 0.717) is 6.54 Å². The van der Waals surface area contributed by atoms with Crippen molar-refractivity contribution in [1.29, 1.82) is 0 Å². The lowest BCUT2D eigenvalue weighted by molar-refractivity contribution is 0.219. The number of aliphatic hydroxyl groups is 1. The molecule has 0 unspecified atom stereocenters. The smallest absolute Gasteiger partial charge is 0.0842 e. The predicted octanol–water partition coefficient (Wildman–Crippen LogP) is 1.32. The van der Waals surface area contributed by atoms with Gasteiger partial charge in [-0.25, -0.2) is 0 Å². The maximum absolute atomic E-state index is 9.16. The van der Waals surface area contributed by atoms with Crippen molar-refractivity contribution in [2.45, 2.75) is 12.6 Å². The molecule has 0 amide bonds. The molecule has 1 rings (SSSR count). The first-order valence-electron chi connectivity index (χ1n) is 4.38. The van der Waals surface area contributed by atoms with E-state index in [2.05, 4.69) is 11.9 Å². The second-order valence-corrected chi connectivity index (χ2v) is 2.92. The van der Waals surface area contributed by atoms with Gasteiger partial charge in [-0.2, -0.15) is 0 Å². The Kier molecular flexibility index (Phi) is 4.23. The van der Waals surface area contributed by atoms with Gasteiger partial charge in [0.1, 0.15) is 0 Å². The van der Waals surface area contributed by atoms with Crippen molar-refractivity contribution in [3.8, 4) is 0 Å². The topological polar surface area (TPSA) is 32.3 Å². The van der Waals surface area contributed by atoms with Gasteiger partial charge in [-0.1, -0.05) is 36.4 Å². The third-order valence-corrected chi connectivity index (χ3v) is 1.80. The summed E-state index contributed by atoms with van der Waals surface area (Å²) in [6, 6.07) is 10.1. The molecule has 2 N–H and O–H groups in total. The molecule has 0 aliphatic carbocycles. The van der Waals surface area contributed by atoms with Crippen LogP contribution in [0.15, 0.2) is 43.0 Å². The Morgan fingerprint density at radius 3 is 2.69 bits per heavy atom. The Morgan fingerprint density at radius 2 is 2.08 bits per heavy atom. The molecule has 0 spiro atoms. The van der Waals surface area contributed by atoms with E-state index in [9.17, 15) is 0 Å². The van der Waals surface area contributed by atoms with Crippen molar-refractivity contribution in [3.05, 3.63) is 48.6 Å². The summed E-state index contributed by atoms with van der Waals surface area (Å²) in [6.45, 7) is 4.83. The standard InChI is InChI=1S/C11H15NO/c1-2-11(13)9-12-8-10-6-4-3-5-7-10/h2-7,11-13H,1,8-9H2/t11-/m1/s1. The van der Waals surface area contributed by atoms with Crippen LogP contribution in [0.2, 0.25) is 0 Å². The molecule has 1 aromatic carbocycles. The highest BCUT2D eigenvalue weighted by Gasteiger charge is 1.96. The van der Waals surface area contributed by atoms with Gasteiger partial charge in [-0.3, -0.25) is 0 Å². The van der Waals surface area contributed by atoms with Crippen molar-refractivity contribution in [2.75, 3.05) is 6.54 Å². The van der Waals surface area contributed by atoms with E-state index in [1.54, 1.807) is 0 Å². The Balaban J connectivity index is 2.24. The molecule has 0 aliphatic heterocycles. The Hall–Kier alpha value is -1.12. The van der Waals surface area contributed by atoms with Gasteiger partial charge in [0.25, 0.3) is 0 Å². The van der Waals surface area contributed by atoms with Gasteiger partial charge in [0, 0.05) is 13.1 Å². The molecule has 1 atom stereocenters. The second kappa shape index (κ2) is 5.51. The first kappa shape index (κ1) is 9.96. The third-order valence-electron chi connectivity index (χ3n) is 1.80. The number of hydrogen-bond donors (Lipinski definition) is 2. The lowest BCUT2D eigenvalue weighted by Gasteiger charge is -2.06. The van der Waals surface area contributed by atoms with Crippen LogP contribution in [-0.4, -0.2) is 17.8 Å². The molecule has 0 saturated carbocycles. The minimum atomic E-state index is -0.455. The molecule has 0 aliphatic rings. The summed E-state index contributed by atoms with van der Waals surface area (Å²) in [5.74, 6) is 0. The van der Waals surface area contributed by atoms with E-state index in [0.717, 1.165) is 6.54 Å². The van der Waals surface area contributed by atoms with Gasteiger partial charge in [0.15, 0.2) is 0 Å². The maximum Gasteiger partial charge on any atom is 0.0842 e. The van der Waals surface area contributed by atoms with Crippen LogP contribution < -0.4 is 5.32 Å². The minimum absolute atomic E-state index is 0.455. The average Bonchev–Trinajstić information content (AvgIpc) is 2.19. The molecule has 0 saturated heterocycles. The molecule has 70 valence electrons. The SMILES string of the molecule is C=C[C@@H](O)CNCc1ccccc1. The van der Waals surface area contributed by atoms with Crippen molar-refractivity contribution >= 4 is 0 Å². The number of benzene rings is 1. The van der Waals surface area contributed by atoms with Crippen LogP contribution in [-0.2, 0) is 6.54 Å². The van der Waals surface area contributed by atoms with Crippen LogP contribution in [0.25, 0.3) is 0 Å². The molecule has 0 radical (unpaired) electrons. The highest BCUT2D eigenvalue weighted by molar-refractivity contribution is 5.14. The van der Waals surface area contributed by atoms with Gasteiger partial charge in [-0.05, 0) is 5.56 Å². The predicted molar refractivity (Wildman–Crippen MR) is 54.4 cm³/mol. The highest BCUT2D eigenvalue weighted by atomic mass is 16.3. The second-order valence-electron chi connectivity index (χ2n) is 2.92. The van der Waals surface area contributed by atoms with Crippen LogP contribution in [0.4, 0.5) is 0 Å². The van der Waals surface area contributed by atoms with E-state index in [1.165, 1.54) is 11.6 Å². The van der Waals surface area contributed by atoms with Gasteiger partial charge in [0.2, 0.25) is 0 Å². The van der Waals surface area contributed by atoms with E-state index >= 15 is 0 Å². The largest absolute Gasteiger partial charge is 0.388 e. The van der Waals surface area contributed by atoms with Gasteiger partial charge in [0.05, 0.1) is 6.10 Å². The van der Waals surface area contributed by atoms with Gasteiger partial charge in [-0.15, -0.1) is 6.58 Å².